The lowest BCUT2D eigenvalue weighted by atomic mass is 9.96. The molecule has 0 spiro atoms. The minimum atomic E-state index is 0.610. The summed E-state index contributed by atoms with van der Waals surface area (Å²) in [7, 11) is 0. The zero-order valence-corrected chi connectivity index (χ0v) is 13.8. The molecule has 2 nitrogen and oxygen atoms in total. The third kappa shape index (κ3) is 3.33. The zero-order valence-electron chi connectivity index (χ0n) is 13.8. The first kappa shape index (κ1) is 14.9. The van der Waals surface area contributed by atoms with Crippen LogP contribution in [0, 0.1) is 5.92 Å². The zero-order chi connectivity index (χ0) is 16.2. The SMILES string of the molecule is C(=CC1CCCN(c2ccncc2)C1)c1ccc2ccccc2c1. The van der Waals surface area contributed by atoms with Crippen LogP contribution in [-0.4, -0.2) is 18.1 Å². The van der Waals surface area contributed by atoms with Gasteiger partial charge in [0.05, 0.1) is 0 Å². The number of hydrogen-bond acceptors (Lipinski definition) is 2. The average molecular weight is 314 g/mol. The molecular formula is C22H22N2. The van der Waals surface area contributed by atoms with E-state index in [1.165, 1.54) is 34.9 Å². The van der Waals surface area contributed by atoms with Gasteiger partial charge in [-0.2, -0.15) is 0 Å². The molecule has 0 N–H and O–H groups in total. The molecule has 1 fully saturated rings. The lowest BCUT2D eigenvalue weighted by Gasteiger charge is -2.33. The van der Waals surface area contributed by atoms with Gasteiger partial charge in [0, 0.05) is 31.2 Å². The van der Waals surface area contributed by atoms with E-state index in [9.17, 15) is 0 Å². The molecule has 24 heavy (non-hydrogen) atoms. The molecule has 1 aliphatic heterocycles. The Hall–Kier alpha value is -2.61. The van der Waals surface area contributed by atoms with E-state index in [1.54, 1.807) is 0 Å². The topological polar surface area (TPSA) is 16.1 Å². The first-order valence-electron chi connectivity index (χ1n) is 8.70. The number of fused-ring (bicyclic) bond motifs is 1. The van der Waals surface area contributed by atoms with Crippen molar-refractivity contribution in [1.82, 2.24) is 4.98 Å². The van der Waals surface area contributed by atoms with Gasteiger partial charge in [-0.05, 0) is 53.3 Å². The molecule has 2 heterocycles. The standard InChI is InChI=1S/C22H22N2/c1-2-6-21-16-18(9-10-20(21)5-1)7-8-19-4-3-15-24(17-19)22-11-13-23-14-12-22/h1-2,5-14,16,19H,3-4,15,17H2. The maximum Gasteiger partial charge on any atom is 0.0397 e. The van der Waals surface area contributed by atoms with Crippen LogP contribution in [0.2, 0.25) is 0 Å². The summed E-state index contributed by atoms with van der Waals surface area (Å²) < 4.78 is 0. The molecule has 1 aromatic heterocycles. The van der Waals surface area contributed by atoms with E-state index >= 15 is 0 Å². The highest BCUT2D eigenvalue weighted by Gasteiger charge is 2.17. The number of pyridine rings is 1. The van der Waals surface area contributed by atoms with E-state index in [0.717, 1.165) is 13.1 Å². The number of hydrogen-bond donors (Lipinski definition) is 0. The van der Waals surface area contributed by atoms with Crippen molar-refractivity contribution >= 4 is 22.5 Å². The molecule has 4 rings (SSSR count). The largest absolute Gasteiger partial charge is 0.371 e. The fourth-order valence-corrected chi connectivity index (χ4v) is 3.52. The first-order chi connectivity index (χ1) is 11.9. The van der Waals surface area contributed by atoms with E-state index in [1.807, 2.05) is 12.4 Å². The lowest BCUT2D eigenvalue weighted by Crippen LogP contribution is -2.34. The molecular weight excluding hydrogens is 292 g/mol. The molecule has 0 radical (unpaired) electrons. The summed E-state index contributed by atoms with van der Waals surface area (Å²) in [4.78, 5) is 6.59. The molecule has 0 saturated carbocycles. The highest BCUT2D eigenvalue weighted by atomic mass is 15.1. The van der Waals surface area contributed by atoms with Gasteiger partial charge in [-0.1, -0.05) is 48.6 Å². The van der Waals surface area contributed by atoms with E-state index < -0.39 is 0 Å². The van der Waals surface area contributed by atoms with Gasteiger partial charge >= 0.3 is 0 Å². The Labute approximate surface area is 143 Å². The third-order valence-electron chi connectivity index (χ3n) is 4.82. The predicted octanol–water partition coefficient (Wildman–Crippen LogP) is 5.16. The van der Waals surface area contributed by atoms with Crippen LogP contribution >= 0.6 is 0 Å². The summed E-state index contributed by atoms with van der Waals surface area (Å²) in [6.45, 7) is 2.23. The minimum Gasteiger partial charge on any atom is -0.371 e. The molecule has 1 atom stereocenters. The molecule has 120 valence electrons. The van der Waals surface area contributed by atoms with Gasteiger partial charge in [-0.15, -0.1) is 0 Å². The van der Waals surface area contributed by atoms with E-state index in [0.29, 0.717) is 5.92 Å². The van der Waals surface area contributed by atoms with Crippen LogP contribution in [0.4, 0.5) is 5.69 Å². The fraction of sp³-hybridized carbons (Fsp3) is 0.227. The van der Waals surface area contributed by atoms with Crippen LogP contribution in [0.3, 0.4) is 0 Å². The first-order valence-corrected chi connectivity index (χ1v) is 8.70. The van der Waals surface area contributed by atoms with Gasteiger partial charge in [0.15, 0.2) is 0 Å². The van der Waals surface area contributed by atoms with Crippen LogP contribution < -0.4 is 4.90 Å². The van der Waals surface area contributed by atoms with Crippen molar-refractivity contribution in [2.75, 3.05) is 18.0 Å². The lowest BCUT2D eigenvalue weighted by molar-refractivity contribution is 0.486. The number of nitrogens with zero attached hydrogens (tertiary/aromatic N) is 2. The van der Waals surface area contributed by atoms with E-state index in [2.05, 4.69) is 76.6 Å². The summed E-state index contributed by atoms with van der Waals surface area (Å²) >= 11 is 0. The Morgan fingerprint density at radius 3 is 2.67 bits per heavy atom. The molecule has 0 amide bonds. The Bertz CT molecular complexity index is 839. The smallest absolute Gasteiger partial charge is 0.0397 e. The molecule has 0 bridgehead atoms. The van der Waals surface area contributed by atoms with Crippen molar-refractivity contribution in [2.45, 2.75) is 12.8 Å². The van der Waals surface area contributed by atoms with Gasteiger partial charge in [0.2, 0.25) is 0 Å². The summed E-state index contributed by atoms with van der Waals surface area (Å²) in [5.74, 6) is 0.610. The van der Waals surface area contributed by atoms with Gasteiger partial charge < -0.3 is 4.90 Å². The van der Waals surface area contributed by atoms with Crippen molar-refractivity contribution in [3.63, 3.8) is 0 Å². The van der Waals surface area contributed by atoms with E-state index in [4.69, 9.17) is 0 Å². The number of rotatable bonds is 3. The Balaban J connectivity index is 1.48. The maximum atomic E-state index is 4.12. The Kier molecular flexibility index (Phi) is 4.28. The van der Waals surface area contributed by atoms with E-state index in [-0.39, 0.29) is 0 Å². The van der Waals surface area contributed by atoms with Crippen molar-refractivity contribution in [3.05, 3.63) is 78.6 Å². The normalized spacial score (nSPS) is 18.3. The van der Waals surface area contributed by atoms with Crippen LogP contribution in [-0.2, 0) is 0 Å². The van der Waals surface area contributed by atoms with Crippen LogP contribution in [0.15, 0.2) is 73.1 Å². The molecule has 1 saturated heterocycles. The predicted molar refractivity (Wildman–Crippen MR) is 102 cm³/mol. The molecule has 0 aliphatic carbocycles. The second-order valence-corrected chi connectivity index (χ2v) is 6.52. The Morgan fingerprint density at radius 2 is 1.79 bits per heavy atom. The quantitative estimate of drug-likeness (QED) is 0.663. The minimum absolute atomic E-state index is 0.610. The van der Waals surface area contributed by atoms with Crippen molar-refractivity contribution in [2.24, 2.45) is 5.92 Å². The summed E-state index contributed by atoms with van der Waals surface area (Å²) in [6.07, 6.45) is 10.9. The molecule has 1 aliphatic rings. The van der Waals surface area contributed by atoms with Crippen LogP contribution in [0.1, 0.15) is 18.4 Å². The highest BCUT2D eigenvalue weighted by molar-refractivity contribution is 5.84. The monoisotopic (exact) mass is 314 g/mol. The number of anilines is 1. The number of benzene rings is 2. The fourth-order valence-electron chi connectivity index (χ4n) is 3.52. The van der Waals surface area contributed by atoms with Gasteiger partial charge in [0.25, 0.3) is 0 Å². The Morgan fingerprint density at radius 1 is 0.958 bits per heavy atom. The van der Waals surface area contributed by atoms with Gasteiger partial charge in [-0.3, -0.25) is 4.98 Å². The molecule has 1 unspecified atom stereocenters. The van der Waals surface area contributed by atoms with Crippen LogP contribution in [0.5, 0.6) is 0 Å². The van der Waals surface area contributed by atoms with Gasteiger partial charge in [-0.25, -0.2) is 0 Å². The molecule has 2 aromatic carbocycles. The number of piperidine rings is 1. The summed E-state index contributed by atoms with van der Waals surface area (Å²) in [5, 5.41) is 2.61. The van der Waals surface area contributed by atoms with Crippen molar-refractivity contribution in [1.29, 1.82) is 0 Å². The summed E-state index contributed by atoms with van der Waals surface area (Å²) in [5.41, 5.74) is 2.57. The van der Waals surface area contributed by atoms with Gasteiger partial charge in [0.1, 0.15) is 0 Å². The summed E-state index contributed by atoms with van der Waals surface area (Å²) in [6, 6.07) is 19.4. The van der Waals surface area contributed by atoms with Crippen molar-refractivity contribution < 1.29 is 0 Å². The highest BCUT2D eigenvalue weighted by Crippen LogP contribution is 2.24. The van der Waals surface area contributed by atoms with Crippen molar-refractivity contribution in [3.8, 4) is 0 Å². The second-order valence-electron chi connectivity index (χ2n) is 6.52. The number of aromatic nitrogens is 1. The molecule has 2 heteroatoms. The second kappa shape index (κ2) is 6.88. The molecule has 3 aromatic rings. The van der Waals surface area contributed by atoms with Crippen LogP contribution in [0.25, 0.3) is 16.8 Å². The third-order valence-corrected chi connectivity index (χ3v) is 4.82. The maximum absolute atomic E-state index is 4.12. The average Bonchev–Trinajstić information content (AvgIpc) is 2.67.